The number of hydrogen-bond donors (Lipinski definition) is 1. The Hall–Kier alpha value is -2.55. The SMILES string of the molecule is O=C(O)C1C2CC=CC2c2c3c(cc4ccccc24)C2C=CCC2CN31. The third-order valence-electron chi connectivity index (χ3n) is 7.00. The molecule has 2 aliphatic heterocycles. The van der Waals surface area contributed by atoms with Crippen molar-refractivity contribution in [1.82, 2.24) is 0 Å². The van der Waals surface area contributed by atoms with E-state index in [1.54, 1.807) is 0 Å². The van der Waals surface area contributed by atoms with Crippen LogP contribution in [0.4, 0.5) is 5.69 Å². The highest BCUT2D eigenvalue weighted by atomic mass is 16.4. The molecule has 2 aromatic rings. The van der Waals surface area contributed by atoms with Crippen molar-refractivity contribution in [3.63, 3.8) is 0 Å². The summed E-state index contributed by atoms with van der Waals surface area (Å²) in [7, 11) is 0. The molecule has 0 fully saturated rings. The number of carboxylic acid groups (broad SMARTS) is 1. The van der Waals surface area contributed by atoms with Gasteiger partial charge in [0.05, 0.1) is 0 Å². The summed E-state index contributed by atoms with van der Waals surface area (Å²) in [6.45, 7) is 0.857. The maximum Gasteiger partial charge on any atom is 0.326 e. The maximum atomic E-state index is 12.3. The van der Waals surface area contributed by atoms with Crippen LogP contribution in [0, 0.1) is 11.8 Å². The Labute approximate surface area is 152 Å². The summed E-state index contributed by atoms with van der Waals surface area (Å²) in [5.74, 6) is 0.627. The van der Waals surface area contributed by atoms with E-state index >= 15 is 0 Å². The summed E-state index contributed by atoms with van der Waals surface area (Å²) >= 11 is 0. The molecule has 5 atom stereocenters. The molecule has 130 valence electrons. The first-order valence-electron chi connectivity index (χ1n) is 9.62. The molecular formula is C23H21NO2. The van der Waals surface area contributed by atoms with Crippen LogP contribution in [-0.2, 0) is 4.79 Å². The van der Waals surface area contributed by atoms with E-state index in [0.717, 1.165) is 19.4 Å². The van der Waals surface area contributed by atoms with Crippen molar-refractivity contribution in [3.05, 3.63) is 65.8 Å². The monoisotopic (exact) mass is 343 g/mol. The molecule has 3 heteroatoms. The van der Waals surface area contributed by atoms with Gasteiger partial charge in [0.1, 0.15) is 6.04 Å². The molecule has 0 saturated heterocycles. The Morgan fingerprint density at radius 3 is 2.77 bits per heavy atom. The third kappa shape index (κ3) is 1.71. The summed E-state index contributed by atoms with van der Waals surface area (Å²) in [6, 6.07) is 10.5. The smallest absolute Gasteiger partial charge is 0.326 e. The molecule has 0 aromatic heterocycles. The molecule has 2 heterocycles. The fourth-order valence-corrected chi connectivity index (χ4v) is 6.00. The van der Waals surface area contributed by atoms with E-state index in [1.165, 1.54) is 27.6 Å². The average molecular weight is 343 g/mol. The van der Waals surface area contributed by atoms with Crippen molar-refractivity contribution in [2.24, 2.45) is 11.8 Å². The predicted molar refractivity (Wildman–Crippen MR) is 103 cm³/mol. The first kappa shape index (κ1) is 14.6. The van der Waals surface area contributed by atoms with Gasteiger partial charge in [0.2, 0.25) is 0 Å². The lowest BCUT2D eigenvalue weighted by Gasteiger charge is -2.49. The molecule has 0 spiro atoms. The molecule has 26 heavy (non-hydrogen) atoms. The van der Waals surface area contributed by atoms with E-state index in [2.05, 4.69) is 59.5 Å². The van der Waals surface area contributed by atoms with Crippen molar-refractivity contribution in [2.75, 3.05) is 11.4 Å². The van der Waals surface area contributed by atoms with E-state index in [4.69, 9.17) is 0 Å². The topological polar surface area (TPSA) is 40.5 Å². The largest absolute Gasteiger partial charge is 0.480 e. The van der Waals surface area contributed by atoms with E-state index in [1.807, 2.05) is 0 Å². The Morgan fingerprint density at radius 1 is 1.08 bits per heavy atom. The highest BCUT2D eigenvalue weighted by Gasteiger charge is 2.50. The van der Waals surface area contributed by atoms with Crippen molar-refractivity contribution >= 4 is 22.4 Å². The molecule has 0 amide bonds. The first-order chi connectivity index (χ1) is 12.7. The van der Waals surface area contributed by atoms with Gasteiger partial charge in [-0.15, -0.1) is 0 Å². The number of hydrogen-bond acceptors (Lipinski definition) is 2. The Kier molecular flexibility index (Phi) is 2.81. The number of rotatable bonds is 1. The lowest BCUT2D eigenvalue weighted by Crippen LogP contribution is -2.54. The van der Waals surface area contributed by atoms with Crippen molar-refractivity contribution in [3.8, 4) is 0 Å². The molecule has 3 nitrogen and oxygen atoms in total. The Bertz CT molecular complexity index is 1000. The van der Waals surface area contributed by atoms with E-state index in [9.17, 15) is 9.90 Å². The lowest BCUT2D eigenvalue weighted by atomic mass is 9.70. The molecular weight excluding hydrogens is 322 g/mol. The van der Waals surface area contributed by atoms with E-state index in [-0.39, 0.29) is 11.8 Å². The second kappa shape index (κ2) is 5.00. The van der Waals surface area contributed by atoms with Gasteiger partial charge in [0, 0.05) is 30.0 Å². The maximum absolute atomic E-state index is 12.3. The van der Waals surface area contributed by atoms with Crippen LogP contribution in [0.2, 0.25) is 0 Å². The van der Waals surface area contributed by atoms with Crippen LogP contribution in [0.3, 0.4) is 0 Å². The zero-order valence-corrected chi connectivity index (χ0v) is 14.5. The minimum absolute atomic E-state index is 0.143. The zero-order valence-electron chi connectivity index (χ0n) is 14.5. The van der Waals surface area contributed by atoms with Gasteiger partial charge in [0.25, 0.3) is 0 Å². The molecule has 4 aliphatic rings. The van der Waals surface area contributed by atoms with Crippen LogP contribution < -0.4 is 4.90 Å². The Morgan fingerprint density at radius 2 is 1.88 bits per heavy atom. The minimum Gasteiger partial charge on any atom is -0.480 e. The lowest BCUT2D eigenvalue weighted by molar-refractivity contribution is -0.140. The number of fused-ring (bicyclic) bond motifs is 6. The molecule has 0 saturated carbocycles. The third-order valence-corrected chi connectivity index (χ3v) is 7.00. The van der Waals surface area contributed by atoms with Crippen LogP contribution in [0.15, 0.2) is 54.6 Å². The summed E-state index contributed by atoms with van der Waals surface area (Å²) in [4.78, 5) is 14.5. The number of carbonyl (C=O) groups is 1. The molecule has 0 radical (unpaired) electrons. The fourth-order valence-electron chi connectivity index (χ4n) is 6.00. The highest BCUT2D eigenvalue weighted by molar-refractivity contribution is 5.96. The molecule has 6 rings (SSSR count). The molecule has 2 aliphatic carbocycles. The van der Waals surface area contributed by atoms with Crippen LogP contribution in [0.5, 0.6) is 0 Å². The van der Waals surface area contributed by atoms with Gasteiger partial charge in [-0.1, -0.05) is 48.6 Å². The number of benzene rings is 2. The number of aliphatic carboxylic acids is 1. The number of allylic oxidation sites excluding steroid dienone is 4. The summed E-state index contributed by atoms with van der Waals surface area (Å²) in [6.07, 6.45) is 11.0. The summed E-state index contributed by atoms with van der Waals surface area (Å²) in [5.41, 5.74) is 3.93. The molecule has 1 N–H and O–H groups in total. The van der Waals surface area contributed by atoms with Gasteiger partial charge in [-0.05, 0) is 46.7 Å². The van der Waals surface area contributed by atoms with E-state index < -0.39 is 12.0 Å². The molecule has 5 unspecified atom stereocenters. The van der Waals surface area contributed by atoms with Crippen LogP contribution >= 0.6 is 0 Å². The first-order valence-corrected chi connectivity index (χ1v) is 9.62. The van der Waals surface area contributed by atoms with Gasteiger partial charge in [-0.2, -0.15) is 0 Å². The van der Waals surface area contributed by atoms with Gasteiger partial charge < -0.3 is 10.0 Å². The van der Waals surface area contributed by atoms with Crippen molar-refractivity contribution in [2.45, 2.75) is 30.7 Å². The molecule has 2 aromatic carbocycles. The van der Waals surface area contributed by atoms with Crippen molar-refractivity contribution < 1.29 is 9.90 Å². The summed E-state index contributed by atoms with van der Waals surface area (Å²) < 4.78 is 0. The quantitative estimate of drug-likeness (QED) is 0.778. The Balaban J connectivity index is 1.72. The number of anilines is 1. The number of nitrogens with zero attached hydrogens (tertiary/aromatic N) is 1. The highest BCUT2D eigenvalue weighted by Crippen LogP contribution is 2.56. The normalized spacial score (nSPS) is 33.2. The second-order valence-corrected chi connectivity index (χ2v) is 8.19. The molecule has 0 bridgehead atoms. The van der Waals surface area contributed by atoms with Gasteiger partial charge >= 0.3 is 5.97 Å². The van der Waals surface area contributed by atoms with Gasteiger partial charge in [0.15, 0.2) is 0 Å². The number of carboxylic acids is 1. The minimum atomic E-state index is -0.669. The predicted octanol–water partition coefficient (Wildman–Crippen LogP) is 4.45. The van der Waals surface area contributed by atoms with Crippen LogP contribution in [0.1, 0.15) is 35.8 Å². The fraction of sp³-hybridized carbons (Fsp3) is 0.348. The van der Waals surface area contributed by atoms with Crippen LogP contribution in [-0.4, -0.2) is 23.7 Å². The average Bonchev–Trinajstić information content (AvgIpc) is 3.30. The standard InChI is InChI=1S/C23H21NO2/c25-23(26)22-18-10-4-9-17(18)20-16-7-2-1-5-13(16)11-19-15-8-3-6-14(15)12-24(22)21(19)20/h1-5,7-9,11,14-15,17-18,22H,6,10,12H2,(H,25,26). The van der Waals surface area contributed by atoms with Gasteiger partial charge in [-0.25, -0.2) is 4.79 Å². The second-order valence-electron chi connectivity index (χ2n) is 8.19. The van der Waals surface area contributed by atoms with Crippen molar-refractivity contribution in [1.29, 1.82) is 0 Å². The zero-order chi connectivity index (χ0) is 17.4. The van der Waals surface area contributed by atoms with E-state index in [0.29, 0.717) is 11.8 Å². The van der Waals surface area contributed by atoms with Crippen LogP contribution in [0.25, 0.3) is 10.8 Å². The summed E-state index contributed by atoms with van der Waals surface area (Å²) in [5, 5.41) is 12.7. The van der Waals surface area contributed by atoms with Gasteiger partial charge in [-0.3, -0.25) is 0 Å².